The first kappa shape index (κ1) is 18.6. The largest absolute Gasteiger partial charge is 0.385 e. The Kier molecular flexibility index (Phi) is 5.46. The van der Waals surface area contributed by atoms with Crippen molar-refractivity contribution >= 4 is 11.8 Å². The first-order valence-electron chi connectivity index (χ1n) is 9.24. The van der Waals surface area contributed by atoms with E-state index in [1.807, 2.05) is 4.90 Å². The molecule has 2 amide bonds. The second-order valence-electron chi connectivity index (χ2n) is 7.42. The number of pyridine rings is 1. The first-order valence-corrected chi connectivity index (χ1v) is 9.24. The zero-order chi connectivity index (χ0) is 18.7. The second-order valence-corrected chi connectivity index (χ2v) is 7.42. The molecule has 0 aromatic carbocycles. The molecule has 0 bridgehead atoms. The summed E-state index contributed by atoms with van der Waals surface area (Å²) in [5.41, 5.74) is 0.314. The van der Waals surface area contributed by atoms with Crippen molar-refractivity contribution in [2.24, 2.45) is 5.41 Å². The number of carbonyl (C=O) groups is 2. The molecule has 0 radical (unpaired) electrons. The average Bonchev–Trinajstić information content (AvgIpc) is 3.02. The van der Waals surface area contributed by atoms with Crippen LogP contribution in [0.2, 0.25) is 0 Å². The summed E-state index contributed by atoms with van der Waals surface area (Å²) in [6, 6.07) is 3.02. The number of likely N-dealkylation sites (tertiary alicyclic amines) is 2. The lowest BCUT2D eigenvalue weighted by atomic mass is 9.78. The van der Waals surface area contributed by atoms with Crippen molar-refractivity contribution < 1.29 is 14.3 Å². The van der Waals surface area contributed by atoms with Crippen molar-refractivity contribution in [3.05, 3.63) is 33.7 Å². The highest BCUT2D eigenvalue weighted by Gasteiger charge is 2.49. The Morgan fingerprint density at radius 3 is 2.81 bits per heavy atom. The van der Waals surface area contributed by atoms with Gasteiger partial charge in [-0.25, -0.2) is 0 Å². The van der Waals surface area contributed by atoms with Crippen LogP contribution in [0, 0.1) is 12.3 Å². The van der Waals surface area contributed by atoms with Gasteiger partial charge in [0.05, 0.1) is 5.41 Å². The van der Waals surface area contributed by atoms with Gasteiger partial charge in [-0.3, -0.25) is 14.4 Å². The average molecular weight is 361 g/mol. The van der Waals surface area contributed by atoms with E-state index < -0.39 is 5.41 Å². The van der Waals surface area contributed by atoms with Gasteiger partial charge in [0.15, 0.2) is 0 Å². The number of rotatable bonds is 5. The normalized spacial score (nSPS) is 23.1. The lowest BCUT2D eigenvalue weighted by molar-refractivity contribution is -0.145. The summed E-state index contributed by atoms with van der Waals surface area (Å²) < 4.78 is 5.08. The number of amides is 2. The van der Waals surface area contributed by atoms with E-state index in [4.69, 9.17) is 4.74 Å². The molecular formula is C19H27N3O4. The summed E-state index contributed by atoms with van der Waals surface area (Å²) in [7, 11) is 1.66. The summed E-state index contributed by atoms with van der Waals surface area (Å²) in [6.07, 6.45) is 3.31. The molecule has 26 heavy (non-hydrogen) atoms. The highest BCUT2D eigenvalue weighted by Crippen LogP contribution is 2.40. The van der Waals surface area contributed by atoms with Crippen LogP contribution < -0.4 is 5.56 Å². The number of nitrogens with zero attached hydrogens (tertiary/aromatic N) is 2. The van der Waals surface area contributed by atoms with Crippen LogP contribution >= 0.6 is 0 Å². The summed E-state index contributed by atoms with van der Waals surface area (Å²) in [5.74, 6) is -0.00220. The van der Waals surface area contributed by atoms with Crippen molar-refractivity contribution in [2.75, 3.05) is 39.9 Å². The Labute approximate surface area is 153 Å². The molecule has 1 N–H and O–H groups in total. The standard InChI is InChI=1S/C19H27N3O4/c1-14-11-15(12-16(23)20-14)17(24)22-9-6-19(13-22)5-3-7-21(18(19)25)8-4-10-26-2/h11-12H,3-10,13H2,1-2H3,(H,20,23)/t19-/m1/s1. The number of H-pyrrole nitrogens is 1. The molecule has 1 aromatic heterocycles. The van der Waals surface area contributed by atoms with Gasteiger partial charge in [-0.05, 0) is 38.7 Å². The van der Waals surface area contributed by atoms with Gasteiger partial charge in [-0.15, -0.1) is 0 Å². The lowest BCUT2D eigenvalue weighted by Crippen LogP contribution is -2.50. The van der Waals surface area contributed by atoms with Crippen LogP contribution in [0.4, 0.5) is 0 Å². The van der Waals surface area contributed by atoms with Crippen LogP contribution in [0.1, 0.15) is 41.7 Å². The molecule has 2 fully saturated rings. The van der Waals surface area contributed by atoms with Crippen LogP contribution in [0.5, 0.6) is 0 Å². The van der Waals surface area contributed by atoms with E-state index >= 15 is 0 Å². The topological polar surface area (TPSA) is 82.7 Å². The van der Waals surface area contributed by atoms with Crippen molar-refractivity contribution in [2.45, 2.75) is 32.6 Å². The van der Waals surface area contributed by atoms with E-state index in [0.29, 0.717) is 43.9 Å². The highest BCUT2D eigenvalue weighted by molar-refractivity contribution is 5.95. The third kappa shape index (κ3) is 3.67. The third-order valence-electron chi connectivity index (χ3n) is 5.47. The molecule has 0 saturated carbocycles. The molecule has 1 aromatic rings. The van der Waals surface area contributed by atoms with Gasteiger partial charge in [0, 0.05) is 57.2 Å². The molecule has 0 unspecified atom stereocenters. The Bertz CT molecular complexity index is 745. The van der Waals surface area contributed by atoms with Crippen LogP contribution in [-0.4, -0.2) is 66.5 Å². The van der Waals surface area contributed by atoms with Gasteiger partial charge in [0.25, 0.3) is 5.91 Å². The Hall–Kier alpha value is -2.15. The minimum Gasteiger partial charge on any atom is -0.385 e. The van der Waals surface area contributed by atoms with Gasteiger partial charge in [-0.1, -0.05) is 0 Å². The molecule has 7 nitrogen and oxygen atoms in total. The molecule has 2 saturated heterocycles. The molecule has 1 atom stereocenters. The Morgan fingerprint density at radius 1 is 1.27 bits per heavy atom. The van der Waals surface area contributed by atoms with Crippen LogP contribution in [-0.2, 0) is 9.53 Å². The van der Waals surface area contributed by atoms with Gasteiger partial charge in [0.1, 0.15) is 0 Å². The van der Waals surface area contributed by atoms with Gasteiger partial charge >= 0.3 is 0 Å². The number of aromatic amines is 1. The van der Waals surface area contributed by atoms with Crippen molar-refractivity contribution in [1.29, 1.82) is 0 Å². The van der Waals surface area contributed by atoms with Crippen molar-refractivity contribution in [1.82, 2.24) is 14.8 Å². The monoisotopic (exact) mass is 361 g/mol. The predicted octanol–water partition coefficient (Wildman–Crippen LogP) is 1.17. The van der Waals surface area contributed by atoms with Crippen molar-refractivity contribution in [3.63, 3.8) is 0 Å². The summed E-state index contributed by atoms with van der Waals surface area (Å²) in [6.45, 7) is 4.89. The number of carbonyl (C=O) groups excluding carboxylic acids is 2. The number of piperidine rings is 1. The van der Waals surface area contributed by atoms with E-state index in [1.165, 1.54) is 6.07 Å². The second kappa shape index (κ2) is 7.61. The number of aromatic nitrogens is 1. The van der Waals surface area contributed by atoms with E-state index in [-0.39, 0.29) is 17.4 Å². The van der Waals surface area contributed by atoms with E-state index in [2.05, 4.69) is 4.98 Å². The first-order chi connectivity index (χ1) is 12.4. The SMILES string of the molecule is COCCCN1CCC[C@]2(CCN(C(=O)c3cc(C)[nH]c(=O)c3)C2)C1=O. The Balaban J connectivity index is 1.71. The number of hydrogen-bond donors (Lipinski definition) is 1. The lowest BCUT2D eigenvalue weighted by Gasteiger charge is -2.39. The van der Waals surface area contributed by atoms with E-state index in [1.54, 1.807) is 25.0 Å². The zero-order valence-electron chi connectivity index (χ0n) is 15.5. The fourth-order valence-electron chi connectivity index (χ4n) is 4.18. The van der Waals surface area contributed by atoms with Gasteiger partial charge in [-0.2, -0.15) is 0 Å². The minimum absolute atomic E-state index is 0.164. The molecule has 142 valence electrons. The number of aryl methyl sites for hydroxylation is 1. The van der Waals surface area contributed by atoms with E-state index in [9.17, 15) is 14.4 Å². The van der Waals surface area contributed by atoms with Gasteiger partial charge < -0.3 is 19.5 Å². The molecule has 2 aliphatic rings. The predicted molar refractivity (Wildman–Crippen MR) is 97.1 cm³/mol. The smallest absolute Gasteiger partial charge is 0.254 e. The van der Waals surface area contributed by atoms with Crippen LogP contribution in [0.15, 0.2) is 16.9 Å². The summed E-state index contributed by atoms with van der Waals surface area (Å²) in [4.78, 5) is 43.8. The van der Waals surface area contributed by atoms with Crippen LogP contribution in [0.3, 0.4) is 0 Å². The van der Waals surface area contributed by atoms with Crippen molar-refractivity contribution in [3.8, 4) is 0 Å². The third-order valence-corrected chi connectivity index (χ3v) is 5.47. The minimum atomic E-state index is -0.461. The maximum atomic E-state index is 13.0. The molecule has 3 heterocycles. The fraction of sp³-hybridized carbons (Fsp3) is 0.632. The van der Waals surface area contributed by atoms with E-state index in [0.717, 1.165) is 25.8 Å². The molecule has 7 heteroatoms. The molecule has 1 spiro atoms. The molecule has 3 rings (SSSR count). The number of hydrogen-bond acceptors (Lipinski definition) is 4. The molecular weight excluding hydrogens is 334 g/mol. The molecule has 2 aliphatic heterocycles. The maximum absolute atomic E-state index is 13.0. The zero-order valence-corrected chi connectivity index (χ0v) is 15.5. The fourth-order valence-corrected chi connectivity index (χ4v) is 4.18. The van der Waals surface area contributed by atoms with Gasteiger partial charge in [0.2, 0.25) is 11.5 Å². The molecule has 0 aliphatic carbocycles. The number of ether oxygens (including phenoxy) is 1. The maximum Gasteiger partial charge on any atom is 0.254 e. The van der Waals surface area contributed by atoms with Crippen LogP contribution in [0.25, 0.3) is 0 Å². The summed E-state index contributed by atoms with van der Waals surface area (Å²) in [5, 5.41) is 0. The Morgan fingerprint density at radius 2 is 2.08 bits per heavy atom. The number of nitrogens with one attached hydrogen (secondary N) is 1. The summed E-state index contributed by atoms with van der Waals surface area (Å²) >= 11 is 0. The quantitative estimate of drug-likeness (QED) is 0.798. The highest BCUT2D eigenvalue weighted by atomic mass is 16.5. The number of methoxy groups -OCH3 is 1.